The number of aliphatic carboxylic acids is 1. The van der Waals surface area contributed by atoms with Crippen LogP contribution in [0, 0.1) is 0 Å². The maximum absolute atomic E-state index is 10.4. The molecule has 0 radical (unpaired) electrons. The third-order valence-electron chi connectivity index (χ3n) is 2.66. The van der Waals surface area contributed by atoms with E-state index in [0.29, 0.717) is 28.2 Å². The monoisotopic (exact) mass is 293 g/mol. The summed E-state index contributed by atoms with van der Waals surface area (Å²) in [5.74, 6) is 1.61. The summed E-state index contributed by atoms with van der Waals surface area (Å²) in [6.45, 7) is 0.228. The number of carboxylic acids is 1. The lowest BCUT2D eigenvalue weighted by molar-refractivity contribution is -0.136. The fraction of sp³-hybridized carbons (Fsp3) is 0.250. The van der Waals surface area contributed by atoms with Crippen LogP contribution in [0.15, 0.2) is 23.4 Å². The number of hydrogen-bond donors (Lipinski definition) is 2. The summed E-state index contributed by atoms with van der Waals surface area (Å²) in [6, 6.07) is 5.51. The molecule has 0 aliphatic carbocycles. The van der Waals surface area contributed by atoms with E-state index in [1.807, 2.05) is 18.2 Å². The van der Waals surface area contributed by atoms with E-state index in [-0.39, 0.29) is 13.2 Å². The molecule has 0 bridgehead atoms. The van der Waals surface area contributed by atoms with Crippen LogP contribution in [0.2, 0.25) is 0 Å². The Labute approximate surface area is 118 Å². The van der Waals surface area contributed by atoms with Gasteiger partial charge in [0.1, 0.15) is 0 Å². The Morgan fingerprint density at radius 2 is 2.25 bits per heavy atom. The fourth-order valence-electron chi connectivity index (χ4n) is 1.71. The summed E-state index contributed by atoms with van der Waals surface area (Å²) in [5, 5.41) is 16.0. The van der Waals surface area contributed by atoms with E-state index >= 15 is 0 Å². The first-order valence-corrected chi connectivity index (χ1v) is 6.88. The number of ether oxygens (including phenoxy) is 2. The van der Waals surface area contributed by atoms with Gasteiger partial charge in [-0.2, -0.15) is 0 Å². The molecular formula is C12H11N3O4S. The molecule has 20 heavy (non-hydrogen) atoms. The number of hydrogen-bond acceptors (Lipinski definition) is 6. The molecule has 0 saturated carbocycles. The molecule has 8 heteroatoms. The van der Waals surface area contributed by atoms with Gasteiger partial charge in [0.2, 0.25) is 11.9 Å². The molecule has 0 unspecified atom stereocenters. The van der Waals surface area contributed by atoms with Crippen molar-refractivity contribution in [1.29, 1.82) is 0 Å². The molecule has 2 aromatic rings. The van der Waals surface area contributed by atoms with Gasteiger partial charge >= 0.3 is 5.97 Å². The number of nitrogens with one attached hydrogen (secondary N) is 1. The average Bonchev–Trinajstić information content (AvgIpc) is 3.05. The molecule has 1 aromatic heterocycles. The van der Waals surface area contributed by atoms with Crippen molar-refractivity contribution in [2.24, 2.45) is 0 Å². The Morgan fingerprint density at radius 1 is 1.40 bits per heavy atom. The van der Waals surface area contributed by atoms with E-state index in [1.54, 1.807) is 0 Å². The van der Waals surface area contributed by atoms with Gasteiger partial charge < -0.3 is 14.6 Å². The zero-order chi connectivity index (χ0) is 13.9. The smallest absolute Gasteiger partial charge is 0.304 e. The van der Waals surface area contributed by atoms with Gasteiger partial charge in [-0.25, -0.2) is 4.98 Å². The zero-order valence-corrected chi connectivity index (χ0v) is 11.1. The number of fused-ring (bicyclic) bond motifs is 1. The minimum absolute atomic E-state index is 0.0819. The van der Waals surface area contributed by atoms with Crippen LogP contribution in [-0.4, -0.2) is 38.8 Å². The predicted molar refractivity (Wildman–Crippen MR) is 70.9 cm³/mol. The van der Waals surface area contributed by atoms with Crippen molar-refractivity contribution in [1.82, 2.24) is 15.2 Å². The van der Waals surface area contributed by atoms with Crippen LogP contribution in [0.3, 0.4) is 0 Å². The minimum Gasteiger partial charge on any atom is -0.481 e. The zero-order valence-electron chi connectivity index (χ0n) is 10.3. The van der Waals surface area contributed by atoms with Crippen LogP contribution in [-0.2, 0) is 4.79 Å². The van der Waals surface area contributed by atoms with E-state index in [4.69, 9.17) is 14.6 Å². The number of thioether (sulfide) groups is 1. The van der Waals surface area contributed by atoms with Gasteiger partial charge in [0.15, 0.2) is 17.3 Å². The van der Waals surface area contributed by atoms with Gasteiger partial charge in [0.25, 0.3) is 0 Å². The summed E-state index contributed by atoms with van der Waals surface area (Å²) >= 11 is 1.30. The molecule has 1 aromatic carbocycles. The minimum atomic E-state index is -0.830. The number of nitrogens with zero attached hydrogens (tertiary/aromatic N) is 2. The lowest BCUT2D eigenvalue weighted by Crippen LogP contribution is -1.95. The number of aromatic amines is 1. The van der Waals surface area contributed by atoms with Gasteiger partial charge in [-0.3, -0.25) is 9.89 Å². The number of carboxylic acid groups (broad SMARTS) is 1. The second-order valence-electron chi connectivity index (χ2n) is 4.03. The molecule has 2 heterocycles. The van der Waals surface area contributed by atoms with Crippen molar-refractivity contribution in [3.63, 3.8) is 0 Å². The standard InChI is InChI=1S/C12H11N3O4S/c16-10(17)3-4-20-12-13-11(14-15-12)7-1-2-8-9(5-7)19-6-18-8/h1-2,5H,3-4,6H2,(H,16,17)(H,13,14,15). The summed E-state index contributed by atoms with van der Waals surface area (Å²) < 4.78 is 10.5. The molecular weight excluding hydrogens is 282 g/mol. The molecule has 0 amide bonds. The van der Waals surface area contributed by atoms with Crippen LogP contribution in [0.25, 0.3) is 11.4 Å². The first-order chi connectivity index (χ1) is 9.72. The highest BCUT2D eigenvalue weighted by Gasteiger charge is 2.15. The second kappa shape index (κ2) is 5.41. The molecule has 1 aliphatic rings. The van der Waals surface area contributed by atoms with Crippen LogP contribution >= 0.6 is 11.8 Å². The Bertz CT molecular complexity index is 643. The van der Waals surface area contributed by atoms with E-state index < -0.39 is 5.97 Å². The topological polar surface area (TPSA) is 97.3 Å². The lowest BCUT2D eigenvalue weighted by atomic mass is 10.2. The number of carbonyl (C=O) groups is 1. The molecule has 3 rings (SSSR count). The third kappa shape index (κ3) is 2.69. The average molecular weight is 293 g/mol. The molecule has 0 atom stereocenters. The van der Waals surface area contributed by atoms with Crippen molar-refractivity contribution in [2.45, 2.75) is 11.6 Å². The maximum atomic E-state index is 10.4. The summed E-state index contributed by atoms with van der Waals surface area (Å²) in [4.78, 5) is 14.7. The first kappa shape index (κ1) is 12.8. The molecule has 0 saturated heterocycles. The molecule has 0 spiro atoms. The Hall–Kier alpha value is -2.22. The normalized spacial score (nSPS) is 12.6. The summed E-state index contributed by atoms with van der Waals surface area (Å²) in [6.07, 6.45) is 0.0819. The van der Waals surface area contributed by atoms with E-state index in [2.05, 4.69) is 15.2 Å². The Balaban J connectivity index is 1.71. The van der Waals surface area contributed by atoms with E-state index in [0.717, 1.165) is 5.56 Å². The van der Waals surface area contributed by atoms with Crippen LogP contribution < -0.4 is 9.47 Å². The maximum Gasteiger partial charge on any atom is 0.304 e. The van der Waals surface area contributed by atoms with Crippen molar-refractivity contribution in [3.8, 4) is 22.9 Å². The highest BCUT2D eigenvalue weighted by molar-refractivity contribution is 7.99. The van der Waals surface area contributed by atoms with Crippen LogP contribution in [0.5, 0.6) is 11.5 Å². The van der Waals surface area contributed by atoms with Gasteiger partial charge in [-0.1, -0.05) is 11.8 Å². The third-order valence-corrected chi connectivity index (χ3v) is 3.51. The van der Waals surface area contributed by atoms with Gasteiger partial charge in [-0.05, 0) is 18.2 Å². The molecule has 1 aliphatic heterocycles. The van der Waals surface area contributed by atoms with Crippen molar-refractivity contribution in [3.05, 3.63) is 18.2 Å². The lowest BCUT2D eigenvalue weighted by Gasteiger charge is -1.98. The first-order valence-electron chi connectivity index (χ1n) is 5.89. The van der Waals surface area contributed by atoms with Gasteiger partial charge in [0, 0.05) is 11.3 Å². The van der Waals surface area contributed by atoms with E-state index in [1.165, 1.54) is 11.8 Å². The van der Waals surface area contributed by atoms with Crippen molar-refractivity contribution >= 4 is 17.7 Å². The second-order valence-corrected chi connectivity index (χ2v) is 5.09. The quantitative estimate of drug-likeness (QED) is 0.811. The Morgan fingerprint density at radius 3 is 3.10 bits per heavy atom. The van der Waals surface area contributed by atoms with Crippen molar-refractivity contribution in [2.75, 3.05) is 12.5 Å². The molecule has 104 valence electrons. The SMILES string of the molecule is O=C(O)CCSc1n[nH]c(-c2ccc3c(c2)OCO3)n1. The van der Waals surface area contributed by atoms with Crippen LogP contribution in [0.1, 0.15) is 6.42 Å². The highest BCUT2D eigenvalue weighted by atomic mass is 32.2. The summed E-state index contributed by atoms with van der Waals surface area (Å²) in [7, 11) is 0. The van der Waals surface area contributed by atoms with Crippen LogP contribution in [0.4, 0.5) is 0 Å². The number of aromatic nitrogens is 3. The van der Waals surface area contributed by atoms with E-state index in [9.17, 15) is 4.79 Å². The molecule has 0 fully saturated rings. The fourth-order valence-corrected chi connectivity index (χ4v) is 2.44. The molecule has 2 N–H and O–H groups in total. The highest BCUT2D eigenvalue weighted by Crippen LogP contribution is 2.35. The number of H-pyrrole nitrogens is 1. The summed E-state index contributed by atoms with van der Waals surface area (Å²) in [5.41, 5.74) is 0.840. The number of rotatable bonds is 5. The van der Waals surface area contributed by atoms with Gasteiger partial charge in [0.05, 0.1) is 6.42 Å². The molecule has 7 nitrogen and oxygen atoms in total. The largest absolute Gasteiger partial charge is 0.481 e. The predicted octanol–water partition coefficient (Wildman–Crippen LogP) is 1.77. The van der Waals surface area contributed by atoms with Gasteiger partial charge in [-0.15, -0.1) is 5.10 Å². The Kier molecular flexibility index (Phi) is 3.46. The number of benzene rings is 1. The van der Waals surface area contributed by atoms with Crippen molar-refractivity contribution < 1.29 is 19.4 Å².